The van der Waals surface area contributed by atoms with Crippen LogP contribution in [0, 0.1) is 6.92 Å². The predicted octanol–water partition coefficient (Wildman–Crippen LogP) is 4.64. The number of benzene rings is 2. The van der Waals surface area contributed by atoms with E-state index in [1.807, 2.05) is 0 Å². The average Bonchev–Trinajstić information content (AvgIpc) is 2.73. The van der Waals surface area contributed by atoms with Gasteiger partial charge in [0.05, 0.1) is 13.3 Å². The van der Waals surface area contributed by atoms with Crippen molar-refractivity contribution in [1.82, 2.24) is 5.43 Å². The number of methoxy groups -OCH3 is 1. The molecule has 0 radical (unpaired) electrons. The number of nitrogens with one attached hydrogen (secondary N) is 1. The zero-order chi connectivity index (χ0) is 22.6. The van der Waals surface area contributed by atoms with E-state index in [1.54, 1.807) is 37.6 Å². The molecule has 0 fully saturated rings. The van der Waals surface area contributed by atoms with Crippen molar-refractivity contribution in [3.63, 3.8) is 0 Å². The lowest BCUT2D eigenvalue weighted by Crippen LogP contribution is -2.48. The SMILES string of the molecule is CCN1c2cc(C)c(/C=N\NC(=O)COc3ccc(OC)cc3)cc2C(C)CC1(C)C. The second-order valence-electron chi connectivity index (χ2n) is 8.69. The molecule has 0 aliphatic carbocycles. The van der Waals surface area contributed by atoms with Gasteiger partial charge in [-0.25, -0.2) is 5.43 Å². The van der Waals surface area contributed by atoms with Crippen LogP contribution in [0.15, 0.2) is 41.5 Å². The number of hydrazone groups is 1. The fourth-order valence-corrected chi connectivity index (χ4v) is 4.42. The molecule has 31 heavy (non-hydrogen) atoms. The summed E-state index contributed by atoms with van der Waals surface area (Å²) in [4.78, 5) is 14.6. The summed E-state index contributed by atoms with van der Waals surface area (Å²) in [6.07, 6.45) is 2.82. The van der Waals surface area contributed by atoms with Crippen LogP contribution in [0.5, 0.6) is 11.5 Å². The number of rotatable bonds is 7. The monoisotopic (exact) mass is 423 g/mol. The van der Waals surface area contributed by atoms with Gasteiger partial charge >= 0.3 is 0 Å². The van der Waals surface area contributed by atoms with Gasteiger partial charge in [0.1, 0.15) is 11.5 Å². The molecule has 6 nitrogen and oxygen atoms in total. The molecule has 0 aromatic heterocycles. The van der Waals surface area contributed by atoms with E-state index in [0.29, 0.717) is 11.7 Å². The van der Waals surface area contributed by atoms with Gasteiger partial charge in [0, 0.05) is 17.8 Å². The minimum Gasteiger partial charge on any atom is -0.497 e. The fourth-order valence-electron chi connectivity index (χ4n) is 4.42. The van der Waals surface area contributed by atoms with Crippen LogP contribution in [-0.2, 0) is 4.79 Å². The Morgan fingerprint density at radius 2 is 1.94 bits per heavy atom. The van der Waals surface area contributed by atoms with Crippen LogP contribution in [-0.4, -0.2) is 37.9 Å². The Bertz CT molecular complexity index is 951. The molecule has 1 unspecified atom stereocenters. The molecule has 0 spiro atoms. The first kappa shape index (κ1) is 22.7. The Labute approximate surface area is 185 Å². The summed E-state index contributed by atoms with van der Waals surface area (Å²) in [6, 6.07) is 11.5. The Morgan fingerprint density at radius 1 is 1.26 bits per heavy atom. The molecule has 1 aliphatic rings. The number of fused-ring (bicyclic) bond motifs is 1. The van der Waals surface area contributed by atoms with Gasteiger partial charge in [-0.05, 0) is 93.1 Å². The van der Waals surface area contributed by atoms with Crippen molar-refractivity contribution in [2.24, 2.45) is 5.10 Å². The van der Waals surface area contributed by atoms with E-state index in [2.05, 4.69) is 62.2 Å². The molecule has 0 bridgehead atoms. The average molecular weight is 424 g/mol. The van der Waals surface area contributed by atoms with E-state index in [1.165, 1.54) is 11.3 Å². The van der Waals surface area contributed by atoms with E-state index >= 15 is 0 Å². The van der Waals surface area contributed by atoms with Crippen LogP contribution in [0.1, 0.15) is 56.7 Å². The fraction of sp³-hybridized carbons (Fsp3) is 0.440. The third kappa shape index (κ3) is 5.19. The lowest BCUT2D eigenvalue weighted by Gasteiger charge is -2.47. The molecule has 1 N–H and O–H groups in total. The van der Waals surface area contributed by atoms with E-state index in [4.69, 9.17) is 9.47 Å². The van der Waals surface area contributed by atoms with Gasteiger partial charge in [-0.3, -0.25) is 4.79 Å². The van der Waals surface area contributed by atoms with Crippen molar-refractivity contribution in [3.05, 3.63) is 53.1 Å². The number of nitrogens with zero attached hydrogens (tertiary/aromatic N) is 2. The number of amides is 1. The Morgan fingerprint density at radius 3 is 2.58 bits per heavy atom. The van der Waals surface area contributed by atoms with Crippen LogP contribution < -0.4 is 19.8 Å². The lowest BCUT2D eigenvalue weighted by atomic mass is 9.79. The molecule has 166 valence electrons. The Balaban J connectivity index is 1.64. The van der Waals surface area contributed by atoms with Crippen molar-refractivity contribution < 1.29 is 14.3 Å². The molecule has 6 heteroatoms. The summed E-state index contributed by atoms with van der Waals surface area (Å²) in [5.41, 5.74) is 7.47. The zero-order valence-corrected chi connectivity index (χ0v) is 19.4. The van der Waals surface area contributed by atoms with Gasteiger partial charge in [-0.1, -0.05) is 6.92 Å². The first-order valence-electron chi connectivity index (χ1n) is 10.8. The van der Waals surface area contributed by atoms with Crippen molar-refractivity contribution in [1.29, 1.82) is 0 Å². The van der Waals surface area contributed by atoms with E-state index in [-0.39, 0.29) is 18.1 Å². The van der Waals surface area contributed by atoms with Crippen LogP contribution in [0.4, 0.5) is 5.69 Å². The van der Waals surface area contributed by atoms with Gasteiger partial charge in [-0.15, -0.1) is 0 Å². The van der Waals surface area contributed by atoms with Crippen LogP contribution in [0.2, 0.25) is 0 Å². The number of carbonyl (C=O) groups is 1. The van der Waals surface area contributed by atoms with E-state index in [0.717, 1.165) is 29.8 Å². The third-order valence-electron chi connectivity index (χ3n) is 5.91. The van der Waals surface area contributed by atoms with E-state index in [9.17, 15) is 4.79 Å². The molecule has 2 aromatic rings. The molecular weight excluding hydrogens is 390 g/mol. The van der Waals surface area contributed by atoms with Crippen LogP contribution >= 0.6 is 0 Å². The highest BCUT2D eigenvalue weighted by Gasteiger charge is 2.35. The maximum absolute atomic E-state index is 12.1. The molecule has 1 amide bonds. The number of hydrogen-bond donors (Lipinski definition) is 1. The normalized spacial score (nSPS) is 17.4. The van der Waals surface area contributed by atoms with Gasteiger partial charge in [0.25, 0.3) is 5.91 Å². The molecule has 1 aliphatic heterocycles. The van der Waals surface area contributed by atoms with Crippen molar-refractivity contribution in [3.8, 4) is 11.5 Å². The highest BCUT2D eigenvalue weighted by atomic mass is 16.5. The molecule has 0 saturated carbocycles. The minimum atomic E-state index is -0.310. The highest BCUT2D eigenvalue weighted by molar-refractivity contribution is 5.86. The molecular formula is C25H33N3O3. The quantitative estimate of drug-likeness (QED) is 0.520. The number of anilines is 1. The second-order valence-corrected chi connectivity index (χ2v) is 8.69. The summed E-state index contributed by atoms with van der Waals surface area (Å²) in [5, 5.41) is 4.15. The lowest BCUT2D eigenvalue weighted by molar-refractivity contribution is -0.123. The molecule has 1 atom stereocenters. The first-order valence-corrected chi connectivity index (χ1v) is 10.8. The highest BCUT2D eigenvalue weighted by Crippen LogP contribution is 2.43. The zero-order valence-electron chi connectivity index (χ0n) is 19.4. The molecule has 3 rings (SSSR count). The maximum Gasteiger partial charge on any atom is 0.277 e. The second kappa shape index (κ2) is 9.41. The Kier molecular flexibility index (Phi) is 6.88. The van der Waals surface area contributed by atoms with Crippen molar-refractivity contribution in [2.45, 2.75) is 52.5 Å². The topological polar surface area (TPSA) is 63.2 Å². The summed E-state index contributed by atoms with van der Waals surface area (Å²) in [5.74, 6) is 1.49. The summed E-state index contributed by atoms with van der Waals surface area (Å²) in [7, 11) is 1.60. The summed E-state index contributed by atoms with van der Waals surface area (Å²) >= 11 is 0. The smallest absolute Gasteiger partial charge is 0.277 e. The number of hydrogen-bond acceptors (Lipinski definition) is 5. The van der Waals surface area contributed by atoms with E-state index < -0.39 is 0 Å². The predicted molar refractivity (Wildman–Crippen MR) is 126 cm³/mol. The van der Waals surface area contributed by atoms with Gasteiger partial charge in [0.15, 0.2) is 6.61 Å². The number of ether oxygens (including phenoxy) is 2. The number of aryl methyl sites for hydroxylation is 1. The minimum absolute atomic E-state index is 0.107. The number of carbonyl (C=O) groups excluding carboxylic acids is 1. The van der Waals surface area contributed by atoms with Crippen LogP contribution in [0.3, 0.4) is 0 Å². The van der Waals surface area contributed by atoms with Crippen molar-refractivity contribution >= 4 is 17.8 Å². The van der Waals surface area contributed by atoms with Gasteiger partial charge < -0.3 is 14.4 Å². The van der Waals surface area contributed by atoms with Crippen molar-refractivity contribution in [2.75, 3.05) is 25.2 Å². The third-order valence-corrected chi connectivity index (χ3v) is 5.91. The summed E-state index contributed by atoms with van der Waals surface area (Å²) < 4.78 is 10.6. The van der Waals surface area contributed by atoms with Gasteiger partial charge in [0.2, 0.25) is 0 Å². The molecule has 0 saturated heterocycles. The molecule has 2 aromatic carbocycles. The van der Waals surface area contributed by atoms with Gasteiger partial charge in [-0.2, -0.15) is 5.10 Å². The largest absolute Gasteiger partial charge is 0.497 e. The Hall–Kier alpha value is -3.02. The molecule has 1 heterocycles. The standard InChI is InChI=1S/C25H33N3O3/c1-7-28-23-12-17(2)19(13-22(23)18(3)14-25(28,4)5)15-26-27-24(29)16-31-21-10-8-20(30-6)9-11-21/h8-13,15,18H,7,14,16H2,1-6H3,(H,27,29)/b26-15-. The maximum atomic E-state index is 12.1. The summed E-state index contributed by atoms with van der Waals surface area (Å²) in [6.45, 7) is 12.1. The van der Waals surface area contributed by atoms with Crippen LogP contribution in [0.25, 0.3) is 0 Å². The first-order chi connectivity index (χ1) is 14.7.